The van der Waals surface area contributed by atoms with Crippen LogP contribution in [-0.4, -0.2) is 98.0 Å². The number of nitrogens with zero attached hydrogens (tertiary/aromatic N) is 6. The van der Waals surface area contributed by atoms with Gasteiger partial charge in [-0.05, 0) is 69.5 Å². The van der Waals surface area contributed by atoms with Gasteiger partial charge < -0.3 is 25.4 Å². The summed E-state index contributed by atoms with van der Waals surface area (Å²) >= 11 is 6.03. The highest BCUT2D eigenvalue weighted by molar-refractivity contribution is 6.30. The molecule has 2 aliphatic heterocycles. The number of aromatic nitrogens is 4. The van der Waals surface area contributed by atoms with Crippen LogP contribution in [0.2, 0.25) is 5.02 Å². The molecule has 2 saturated heterocycles. The van der Waals surface area contributed by atoms with E-state index in [9.17, 15) is 32.3 Å². The molecule has 1 amide bonds. The Kier molecular flexibility index (Phi) is 10.6. The number of aliphatic hydroxyl groups excluding tert-OH is 1. The smallest absolute Gasteiger partial charge is 0.401 e. The number of ether oxygens (including phenoxy) is 1. The molecular formula is C32H35ClF4N8O4. The van der Waals surface area contributed by atoms with Crippen LogP contribution < -0.4 is 10.6 Å². The van der Waals surface area contributed by atoms with Gasteiger partial charge in [0.15, 0.2) is 0 Å². The van der Waals surface area contributed by atoms with Crippen LogP contribution in [0.25, 0.3) is 11.3 Å². The van der Waals surface area contributed by atoms with Gasteiger partial charge in [0.25, 0.3) is 0 Å². The first kappa shape index (κ1) is 34.9. The fraction of sp³-hybridized carbons (Fsp3) is 0.500. The Hall–Kier alpha value is -3.99. The van der Waals surface area contributed by atoms with Crippen molar-refractivity contribution in [1.29, 1.82) is 0 Å². The zero-order chi connectivity index (χ0) is 34.7. The Balaban J connectivity index is 0.964. The molecule has 4 heterocycles. The molecule has 0 spiro atoms. The van der Waals surface area contributed by atoms with Crippen molar-refractivity contribution in [3.63, 3.8) is 0 Å². The summed E-state index contributed by atoms with van der Waals surface area (Å²) in [6, 6.07) is 7.30. The molecule has 1 aliphatic carbocycles. The molecule has 1 atom stereocenters. The highest BCUT2D eigenvalue weighted by atomic mass is 35.5. The molecule has 0 bridgehead atoms. The van der Waals surface area contributed by atoms with Crippen LogP contribution in [0.3, 0.4) is 0 Å². The van der Waals surface area contributed by atoms with E-state index in [0.717, 1.165) is 0 Å². The maximum absolute atomic E-state index is 14.4. The van der Waals surface area contributed by atoms with E-state index < -0.39 is 31.2 Å². The number of hydrogen-bond acceptors (Lipinski definition) is 11. The lowest BCUT2D eigenvalue weighted by atomic mass is 9.77. The average Bonchev–Trinajstić information content (AvgIpc) is 3.46. The van der Waals surface area contributed by atoms with E-state index in [1.807, 2.05) is 0 Å². The minimum atomic E-state index is -4.27. The van der Waals surface area contributed by atoms with Crippen LogP contribution in [0.5, 0.6) is 0 Å². The number of esters is 1. The van der Waals surface area contributed by atoms with Crippen LogP contribution in [0.15, 0.2) is 36.7 Å². The van der Waals surface area contributed by atoms with Crippen LogP contribution in [0.4, 0.5) is 34.9 Å². The van der Waals surface area contributed by atoms with Gasteiger partial charge in [-0.15, -0.1) is 5.10 Å². The molecule has 3 N–H and O–H groups in total. The predicted molar refractivity (Wildman–Crippen MR) is 170 cm³/mol. The van der Waals surface area contributed by atoms with Gasteiger partial charge in [-0.1, -0.05) is 11.6 Å². The molecule has 3 aliphatic rings. The number of amides is 1. The standard InChI is InChI=1S/C32H35ClF4N8O4/c33-20-1-2-24(34)23(11-20)25-12-26(27(15-46)43-42-25)40-28-13-29(39-17-38-28)41-30(47)19-9-21(10-19)45-7-3-18(4-8-45)31(48)49-22-5-6-44(14-22)16-32(35,36)37/h1-2,11-13,17-19,21-22,46H,3-10,14-16H2,(H2,38,39,40,41,42,47). The SMILES string of the molecule is O=C(Nc1cc(Nc2cc(-c3cc(Cl)ccc3F)nnc2CO)ncn1)C1CC(N2CCC(C(=O)OC3CCN(CC(F)(F)F)C3)CC2)C1. The number of piperidine rings is 1. The van der Waals surface area contributed by atoms with Crippen molar-refractivity contribution in [2.75, 3.05) is 43.4 Å². The number of rotatable bonds is 10. The first-order chi connectivity index (χ1) is 23.4. The summed E-state index contributed by atoms with van der Waals surface area (Å²) < 4.78 is 58.0. The molecule has 1 aromatic carbocycles. The zero-order valence-electron chi connectivity index (χ0n) is 26.3. The Morgan fingerprint density at radius 2 is 1.76 bits per heavy atom. The number of nitrogens with one attached hydrogen (secondary N) is 2. The lowest BCUT2D eigenvalue weighted by Gasteiger charge is -2.44. The molecule has 2 aromatic heterocycles. The lowest BCUT2D eigenvalue weighted by Crippen LogP contribution is -2.51. The summed E-state index contributed by atoms with van der Waals surface area (Å²) in [5.41, 5.74) is 0.847. The molecule has 1 unspecified atom stereocenters. The molecule has 17 heteroatoms. The third kappa shape index (κ3) is 8.79. The second-order valence-electron chi connectivity index (χ2n) is 12.6. The zero-order valence-corrected chi connectivity index (χ0v) is 27.1. The van der Waals surface area contributed by atoms with Gasteiger partial charge in [0.05, 0.1) is 30.5 Å². The number of carbonyl (C=O) groups excluding carboxylic acids is 2. The van der Waals surface area contributed by atoms with Crippen molar-refractivity contribution < 1.29 is 37.0 Å². The number of anilines is 3. The minimum absolute atomic E-state index is 0.100. The van der Waals surface area contributed by atoms with Crippen molar-refractivity contribution in [3.05, 3.63) is 53.2 Å². The quantitative estimate of drug-likeness (QED) is 0.201. The van der Waals surface area contributed by atoms with Gasteiger partial charge in [0.1, 0.15) is 35.6 Å². The van der Waals surface area contributed by atoms with Gasteiger partial charge in [0.2, 0.25) is 5.91 Å². The number of benzene rings is 1. The van der Waals surface area contributed by atoms with Crippen molar-refractivity contribution >= 4 is 40.8 Å². The van der Waals surface area contributed by atoms with Gasteiger partial charge in [-0.3, -0.25) is 14.5 Å². The van der Waals surface area contributed by atoms with E-state index in [4.69, 9.17) is 16.3 Å². The fourth-order valence-corrected chi connectivity index (χ4v) is 6.65. The van der Waals surface area contributed by atoms with Gasteiger partial charge in [0, 0.05) is 41.7 Å². The van der Waals surface area contributed by atoms with E-state index in [1.165, 1.54) is 41.6 Å². The molecular weight excluding hydrogens is 672 g/mol. The van der Waals surface area contributed by atoms with Crippen molar-refractivity contribution in [3.8, 4) is 11.3 Å². The van der Waals surface area contributed by atoms with E-state index in [0.29, 0.717) is 61.7 Å². The highest BCUT2D eigenvalue weighted by Gasteiger charge is 2.41. The Labute approximate surface area is 284 Å². The normalized spacial score (nSPS) is 22.0. The summed E-state index contributed by atoms with van der Waals surface area (Å²) in [6.45, 7) is 0.270. The second kappa shape index (κ2) is 14.9. The summed E-state index contributed by atoms with van der Waals surface area (Å²) in [5.74, 6) is -1.01. The lowest BCUT2D eigenvalue weighted by molar-refractivity contribution is -0.156. The number of halogens is 5. The maximum atomic E-state index is 14.4. The van der Waals surface area contributed by atoms with Crippen LogP contribution in [-0.2, 0) is 20.9 Å². The summed E-state index contributed by atoms with van der Waals surface area (Å²) in [6.07, 6.45) is -0.606. The van der Waals surface area contributed by atoms with Gasteiger partial charge >= 0.3 is 12.1 Å². The molecule has 3 fully saturated rings. The summed E-state index contributed by atoms with van der Waals surface area (Å²) in [4.78, 5) is 37.6. The van der Waals surface area contributed by atoms with Crippen molar-refractivity contribution in [2.45, 2.75) is 57.0 Å². The molecule has 49 heavy (non-hydrogen) atoms. The fourth-order valence-electron chi connectivity index (χ4n) is 6.48. The molecule has 0 radical (unpaired) electrons. The molecule has 6 rings (SSSR count). The number of alkyl halides is 3. The number of likely N-dealkylation sites (tertiary alicyclic amines) is 2. The third-order valence-electron chi connectivity index (χ3n) is 9.18. The number of carbonyl (C=O) groups is 2. The van der Waals surface area contributed by atoms with Crippen molar-refractivity contribution in [1.82, 2.24) is 30.0 Å². The molecule has 12 nitrogen and oxygen atoms in total. The highest BCUT2D eigenvalue weighted by Crippen LogP contribution is 2.36. The van der Waals surface area contributed by atoms with Gasteiger partial charge in [-0.2, -0.15) is 18.3 Å². The summed E-state index contributed by atoms with van der Waals surface area (Å²) in [7, 11) is 0. The minimum Gasteiger partial charge on any atom is -0.461 e. The first-order valence-corrected chi connectivity index (χ1v) is 16.4. The maximum Gasteiger partial charge on any atom is 0.401 e. The first-order valence-electron chi connectivity index (χ1n) is 16.0. The van der Waals surface area contributed by atoms with Crippen LogP contribution >= 0.6 is 11.6 Å². The van der Waals surface area contributed by atoms with E-state index in [2.05, 4.69) is 35.7 Å². The molecule has 3 aromatic rings. The van der Waals surface area contributed by atoms with E-state index in [-0.39, 0.29) is 65.6 Å². The molecule has 262 valence electrons. The monoisotopic (exact) mass is 706 g/mol. The second-order valence-corrected chi connectivity index (χ2v) is 13.0. The van der Waals surface area contributed by atoms with E-state index >= 15 is 0 Å². The Morgan fingerprint density at radius 3 is 2.49 bits per heavy atom. The Morgan fingerprint density at radius 1 is 1.00 bits per heavy atom. The largest absolute Gasteiger partial charge is 0.461 e. The Bertz CT molecular complexity index is 1670. The topological polar surface area (TPSA) is 146 Å². The van der Waals surface area contributed by atoms with Crippen LogP contribution in [0, 0.1) is 17.7 Å². The number of aliphatic hydroxyl groups is 1. The average molecular weight is 707 g/mol. The number of hydrogen-bond donors (Lipinski definition) is 3. The predicted octanol–water partition coefficient (Wildman–Crippen LogP) is 4.57. The van der Waals surface area contributed by atoms with Crippen molar-refractivity contribution in [2.24, 2.45) is 11.8 Å². The third-order valence-corrected chi connectivity index (χ3v) is 9.42. The molecule has 1 saturated carbocycles. The van der Waals surface area contributed by atoms with Crippen LogP contribution in [0.1, 0.15) is 37.8 Å². The summed E-state index contributed by atoms with van der Waals surface area (Å²) in [5, 5.41) is 24.0. The van der Waals surface area contributed by atoms with Gasteiger partial charge in [-0.25, -0.2) is 14.4 Å². The van der Waals surface area contributed by atoms with E-state index in [1.54, 1.807) is 0 Å².